The molecule has 0 bridgehead atoms. The minimum atomic E-state index is -0.553. The number of unbranched alkanes of at least 4 members (excludes halogenated alkanes) is 1. The van der Waals surface area contributed by atoms with Gasteiger partial charge in [-0.2, -0.15) is 0 Å². The predicted octanol–water partition coefficient (Wildman–Crippen LogP) is 0.837. The van der Waals surface area contributed by atoms with Gasteiger partial charge in [-0.3, -0.25) is 9.59 Å². The third-order valence-corrected chi connectivity index (χ3v) is 3.55. The van der Waals surface area contributed by atoms with Crippen molar-refractivity contribution in [3.05, 3.63) is 35.6 Å². The molecule has 0 aromatic heterocycles. The number of nitrogens with one attached hydrogen (secondary N) is 3. The van der Waals surface area contributed by atoms with Crippen LogP contribution in [0.15, 0.2) is 24.3 Å². The van der Waals surface area contributed by atoms with E-state index >= 15 is 0 Å². The first-order valence-electron chi connectivity index (χ1n) is 7.77. The monoisotopic (exact) mass is 337 g/mol. The topological polar surface area (TPSA) is 96.5 Å². The van der Waals surface area contributed by atoms with Crippen LogP contribution in [0.3, 0.4) is 0 Å². The molecule has 1 unspecified atom stereocenters. The lowest BCUT2D eigenvalue weighted by Gasteiger charge is -2.22. The Bertz CT molecular complexity index is 591. The van der Waals surface area contributed by atoms with Gasteiger partial charge in [-0.05, 0) is 37.0 Å². The van der Waals surface area contributed by atoms with Crippen molar-refractivity contribution in [2.75, 3.05) is 13.1 Å². The summed E-state index contributed by atoms with van der Waals surface area (Å²) in [6, 6.07) is 5.20. The van der Waals surface area contributed by atoms with Crippen molar-refractivity contribution >= 4 is 17.9 Å². The summed E-state index contributed by atoms with van der Waals surface area (Å²) in [4.78, 5) is 34.2. The highest BCUT2D eigenvalue weighted by atomic mass is 19.1. The third kappa shape index (κ3) is 5.86. The van der Waals surface area contributed by atoms with E-state index in [0.717, 1.165) is 0 Å². The number of piperazine rings is 1. The van der Waals surface area contributed by atoms with E-state index < -0.39 is 12.1 Å². The molecule has 0 saturated carbocycles. The normalized spacial score (nSPS) is 17.0. The first-order chi connectivity index (χ1) is 11.5. The molecule has 1 atom stereocenters. The maximum atomic E-state index is 12.7. The van der Waals surface area contributed by atoms with Gasteiger partial charge in [-0.25, -0.2) is 9.18 Å². The largest absolute Gasteiger partial charge is 0.445 e. The van der Waals surface area contributed by atoms with Crippen LogP contribution in [0.25, 0.3) is 0 Å². The second kappa shape index (κ2) is 8.85. The molecule has 1 aliphatic rings. The van der Waals surface area contributed by atoms with Crippen molar-refractivity contribution in [3.8, 4) is 0 Å². The van der Waals surface area contributed by atoms with E-state index in [2.05, 4.69) is 16.0 Å². The fourth-order valence-corrected chi connectivity index (χ4v) is 2.25. The van der Waals surface area contributed by atoms with Gasteiger partial charge in [0.15, 0.2) is 0 Å². The summed E-state index contributed by atoms with van der Waals surface area (Å²) in [5, 5.41) is 7.73. The quantitative estimate of drug-likeness (QED) is 0.642. The number of hydrogen-bond acceptors (Lipinski definition) is 4. The van der Waals surface area contributed by atoms with Crippen LogP contribution in [0, 0.1) is 5.82 Å². The van der Waals surface area contributed by atoms with E-state index in [1.165, 1.54) is 12.1 Å². The van der Waals surface area contributed by atoms with Crippen molar-refractivity contribution in [1.29, 1.82) is 0 Å². The maximum Gasteiger partial charge on any atom is 0.407 e. The van der Waals surface area contributed by atoms with Crippen molar-refractivity contribution in [1.82, 2.24) is 16.0 Å². The van der Waals surface area contributed by atoms with Crippen LogP contribution >= 0.6 is 0 Å². The average molecular weight is 337 g/mol. The number of rotatable bonds is 7. The summed E-state index contributed by atoms with van der Waals surface area (Å²) in [5.74, 6) is -0.714. The lowest BCUT2D eigenvalue weighted by molar-refractivity contribution is -0.133. The van der Waals surface area contributed by atoms with Gasteiger partial charge in [0.05, 0.1) is 6.54 Å². The molecule has 130 valence electrons. The Kier molecular flexibility index (Phi) is 6.53. The van der Waals surface area contributed by atoms with Gasteiger partial charge >= 0.3 is 6.09 Å². The zero-order chi connectivity index (χ0) is 17.4. The molecule has 8 heteroatoms. The third-order valence-electron chi connectivity index (χ3n) is 3.55. The van der Waals surface area contributed by atoms with Crippen LogP contribution in [0.1, 0.15) is 24.8 Å². The Morgan fingerprint density at radius 2 is 2.00 bits per heavy atom. The minimum absolute atomic E-state index is 0.0246. The number of carbonyl (C=O) groups is 3. The van der Waals surface area contributed by atoms with Crippen molar-refractivity contribution in [2.24, 2.45) is 0 Å². The molecule has 1 aromatic rings. The van der Waals surface area contributed by atoms with Gasteiger partial charge in [-0.15, -0.1) is 0 Å². The number of alkyl carbamates (subject to hydrolysis) is 1. The van der Waals surface area contributed by atoms with E-state index in [0.29, 0.717) is 31.4 Å². The highest BCUT2D eigenvalue weighted by Crippen LogP contribution is 2.05. The molecule has 1 fully saturated rings. The zero-order valence-corrected chi connectivity index (χ0v) is 13.1. The van der Waals surface area contributed by atoms with Crippen LogP contribution < -0.4 is 16.0 Å². The van der Waals surface area contributed by atoms with Crippen LogP contribution in [0.2, 0.25) is 0 Å². The van der Waals surface area contributed by atoms with Crippen LogP contribution in [0.4, 0.5) is 9.18 Å². The highest BCUT2D eigenvalue weighted by Gasteiger charge is 2.24. The summed E-state index contributed by atoms with van der Waals surface area (Å²) >= 11 is 0. The lowest BCUT2D eigenvalue weighted by atomic mass is 10.1. The SMILES string of the molecule is O=C1CNC(=O)C(CCCCNC(=O)OCc2ccc(F)cc2)N1. The molecular formula is C16H20FN3O4. The fourth-order valence-electron chi connectivity index (χ4n) is 2.25. The van der Waals surface area contributed by atoms with Gasteiger partial charge in [-0.1, -0.05) is 12.1 Å². The minimum Gasteiger partial charge on any atom is -0.445 e. The van der Waals surface area contributed by atoms with Crippen LogP contribution in [-0.4, -0.2) is 37.0 Å². The van der Waals surface area contributed by atoms with E-state index in [4.69, 9.17) is 4.74 Å². The van der Waals surface area contributed by atoms with E-state index in [1.807, 2.05) is 0 Å². The summed E-state index contributed by atoms with van der Waals surface area (Å²) in [5.41, 5.74) is 0.700. The number of amides is 3. The Morgan fingerprint density at radius 1 is 1.25 bits per heavy atom. The Labute approximate surface area is 138 Å². The summed E-state index contributed by atoms with van der Waals surface area (Å²) in [6.07, 6.45) is 1.30. The molecule has 1 saturated heterocycles. The molecule has 3 N–H and O–H groups in total. The first-order valence-corrected chi connectivity index (χ1v) is 7.77. The Balaban J connectivity index is 1.55. The number of benzene rings is 1. The summed E-state index contributed by atoms with van der Waals surface area (Å²) in [7, 11) is 0. The van der Waals surface area contributed by atoms with Gasteiger partial charge in [0, 0.05) is 6.54 Å². The zero-order valence-electron chi connectivity index (χ0n) is 13.1. The molecule has 2 rings (SSSR count). The van der Waals surface area contributed by atoms with Gasteiger partial charge in [0.25, 0.3) is 0 Å². The van der Waals surface area contributed by atoms with E-state index in [-0.39, 0.29) is 30.8 Å². The van der Waals surface area contributed by atoms with E-state index in [9.17, 15) is 18.8 Å². The molecule has 1 aromatic carbocycles. The maximum absolute atomic E-state index is 12.7. The number of hydrogen-bond donors (Lipinski definition) is 3. The van der Waals surface area contributed by atoms with Gasteiger partial charge in [0.2, 0.25) is 11.8 Å². The fraction of sp³-hybridized carbons (Fsp3) is 0.438. The highest BCUT2D eigenvalue weighted by molar-refractivity contribution is 5.94. The van der Waals surface area contributed by atoms with Crippen LogP contribution in [0.5, 0.6) is 0 Å². The molecule has 1 heterocycles. The molecule has 1 aliphatic heterocycles. The smallest absolute Gasteiger partial charge is 0.407 e. The summed E-state index contributed by atoms with van der Waals surface area (Å²) < 4.78 is 17.7. The Morgan fingerprint density at radius 3 is 2.75 bits per heavy atom. The van der Waals surface area contributed by atoms with Crippen molar-refractivity contribution < 1.29 is 23.5 Å². The van der Waals surface area contributed by atoms with E-state index in [1.54, 1.807) is 12.1 Å². The standard InChI is InChI=1S/C16H20FN3O4/c17-12-6-4-11(5-7-12)10-24-16(23)18-8-2-1-3-13-15(22)19-9-14(21)20-13/h4-7,13H,1-3,8-10H2,(H,18,23)(H,19,22)(H,20,21). The molecule has 0 aliphatic carbocycles. The molecular weight excluding hydrogens is 317 g/mol. The molecule has 0 spiro atoms. The lowest BCUT2D eigenvalue weighted by Crippen LogP contribution is -2.56. The second-order valence-electron chi connectivity index (χ2n) is 5.46. The van der Waals surface area contributed by atoms with Gasteiger partial charge < -0.3 is 20.7 Å². The molecule has 24 heavy (non-hydrogen) atoms. The number of ether oxygens (including phenoxy) is 1. The summed E-state index contributed by atoms with van der Waals surface area (Å²) in [6.45, 7) is 0.502. The molecule has 3 amide bonds. The van der Waals surface area contributed by atoms with Crippen LogP contribution in [-0.2, 0) is 20.9 Å². The number of carbonyl (C=O) groups excluding carboxylic acids is 3. The Hall–Kier alpha value is -2.64. The molecule has 7 nitrogen and oxygen atoms in total. The first kappa shape index (κ1) is 17.7. The van der Waals surface area contributed by atoms with Crippen molar-refractivity contribution in [3.63, 3.8) is 0 Å². The molecule has 0 radical (unpaired) electrons. The predicted molar refractivity (Wildman–Crippen MR) is 83.4 cm³/mol. The average Bonchev–Trinajstić information content (AvgIpc) is 2.57. The second-order valence-corrected chi connectivity index (χ2v) is 5.46. The van der Waals surface area contributed by atoms with Crippen molar-refractivity contribution in [2.45, 2.75) is 31.9 Å². The number of halogens is 1. The van der Waals surface area contributed by atoms with Gasteiger partial charge in [0.1, 0.15) is 18.5 Å².